The van der Waals surface area contributed by atoms with Gasteiger partial charge in [0.15, 0.2) is 0 Å². The van der Waals surface area contributed by atoms with Crippen molar-refractivity contribution in [3.8, 4) is 12.3 Å². The van der Waals surface area contributed by atoms with Gasteiger partial charge in [0.25, 0.3) is 5.91 Å². The molecule has 3 heteroatoms. The van der Waals surface area contributed by atoms with Crippen molar-refractivity contribution in [2.75, 3.05) is 12.3 Å². The summed E-state index contributed by atoms with van der Waals surface area (Å²) in [5.41, 5.74) is 9.06. The van der Waals surface area contributed by atoms with Crippen LogP contribution in [0.25, 0.3) is 0 Å². The first-order chi connectivity index (χ1) is 8.56. The number of hydrogen-bond donors (Lipinski definition) is 2. The van der Waals surface area contributed by atoms with Gasteiger partial charge in [-0.05, 0) is 43.9 Å². The average molecular weight is 244 g/mol. The molecule has 3 N–H and O–H groups in total. The van der Waals surface area contributed by atoms with E-state index in [4.69, 9.17) is 12.2 Å². The Bertz CT molecular complexity index is 472. The van der Waals surface area contributed by atoms with Gasteiger partial charge in [0.2, 0.25) is 0 Å². The van der Waals surface area contributed by atoms with Crippen LogP contribution in [0.3, 0.4) is 0 Å². The Morgan fingerprint density at radius 3 is 2.72 bits per heavy atom. The van der Waals surface area contributed by atoms with Gasteiger partial charge in [-0.25, -0.2) is 0 Å². The van der Waals surface area contributed by atoms with Crippen molar-refractivity contribution in [1.29, 1.82) is 0 Å². The monoisotopic (exact) mass is 244 g/mol. The van der Waals surface area contributed by atoms with Crippen LogP contribution in [0, 0.1) is 26.2 Å². The fourth-order valence-corrected chi connectivity index (χ4v) is 1.76. The topological polar surface area (TPSA) is 55.1 Å². The van der Waals surface area contributed by atoms with Crippen LogP contribution in [0.4, 0.5) is 5.69 Å². The molecule has 1 rings (SSSR count). The van der Waals surface area contributed by atoms with E-state index in [-0.39, 0.29) is 5.91 Å². The first-order valence-corrected chi connectivity index (χ1v) is 6.14. The SMILES string of the molecule is C#CCCCCNC(=O)c1cc(N)c(C)cc1C. The van der Waals surface area contributed by atoms with Gasteiger partial charge < -0.3 is 11.1 Å². The lowest BCUT2D eigenvalue weighted by molar-refractivity contribution is 0.0952. The first-order valence-electron chi connectivity index (χ1n) is 6.14. The molecule has 0 atom stereocenters. The molecule has 0 aromatic heterocycles. The van der Waals surface area contributed by atoms with Crippen molar-refractivity contribution >= 4 is 11.6 Å². The summed E-state index contributed by atoms with van der Waals surface area (Å²) in [6, 6.07) is 3.67. The highest BCUT2D eigenvalue weighted by atomic mass is 16.1. The molecule has 1 aromatic rings. The zero-order chi connectivity index (χ0) is 13.5. The molecule has 0 spiro atoms. The predicted octanol–water partition coefficient (Wildman–Crippen LogP) is 2.42. The van der Waals surface area contributed by atoms with E-state index >= 15 is 0 Å². The summed E-state index contributed by atoms with van der Waals surface area (Å²) in [6.45, 7) is 4.50. The highest BCUT2D eigenvalue weighted by molar-refractivity contribution is 5.96. The Morgan fingerprint density at radius 1 is 1.33 bits per heavy atom. The number of carbonyl (C=O) groups is 1. The molecule has 0 aliphatic heterocycles. The molecule has 0 saturated carbocycles. The summed E-state index contributed by atoms with van der Waals surface area (Å²) in [6.07, 6.45) is 7.75. The number of nitrogens with two attached hydrogens (primary N) is 1. The number of unbranched alkanes of at least 4 members (excludes halogenated alkanes) is 2. The van der Waals surface area contributed by atoms with E-state index in [0.717, 1.165) is 30.4 Å². The summed E-state index contributed by atoms with van der Waals surface area (Å²) in [5, 5.41) is 2.88. The minimum absolute atomic E-state index is 0.0695. The molecule has 1 amide bonds. The van der Waals surface area contributed by atoms with Gasteiger partial charge in [-0.3, -0.25) is 4.79 Å². The highest BCUT2D eigenvalue weighted by Crippen LogP contribution is 2.17. The lowest BCUT2D eigenvalue weighted by Gasteiger charge is -2.10. The van der Waals surface area contributed by atoms with Crippen molar-refractivity contribution in [3.63, 3.8) is 0 Å². The minimum atomic E-state index is -0.0695. The fraction of sp³-hybridized carbons (Fsp3) is 0.400. The van der Waals surface area contributed by atoms with E-state index in [0.29, 0.717) is 17.8 Å². The number of anilines is 1. The molecule has 0 fully saturated rings. The molecule has 96 valence electrons. The van der Waals surface area contributed by atoms with Crippen LogP contribution in [-0.4, -0.2) is 12.5 Å². The molecule has 0 aliphatic rings. The second kappa shape index (κ2) is 6.70. The molecule has 18 heavy (non-hydrogen) atoms. The number of rotatable bonds is 5. The molecular formula is C15H20N2O. The zero-order valence-electron chi connectivity index (χ0n) is 11.0. The fourth-order valence-electron chi connectivity index (χ4n) is 1.76. The van der Waals surface area contributed by atoms with E-state index < -0.39 is 0 Å². The van der Waals surface area contributed by atoms with E-state index in [1.54, 1.807) is 6.07 Å². The maximum Gasteiger partial charge on any atom is 0.251 e. The summed E-state index contributed by atoms with van der Waals surface area (Å²) >= 11 is 0. The van der Waals surface area contributed by atoms with Gasteiger partial charge >= 0.3 is 0 Å². The van der Waals surface area contributed by atoms with Crippen LogP contribution >= 0.6 is 0 Å². The molecule has 0 heterocycles. The van der Waals surface area contributed by atoms with Crippen molar-refractivity contribution in [1.82, 2.24) is 5.32 Å². The molecule has 1 aromatic carbocycles. The van der Waals surface area contributed by atoms with E-state index in [9.17, 15) is 4.79 Å². The Kier molecular flexibility index (Phi) is 5.26. The number of amides is 1. The molecule has 3 nitrogen and oxygen atoms in total. The quantitative estimate of drug-likeness (QED) is 0.475. The molecular weight excluding hydrogens is 224 g/mol. The number of hydrogen-bond acceptors (Lipinski definition) is 2. The van der Waals surface area contributed by atoms with Gasteiger partial charge in [0, 0.05) is 24.2 Å². The van der Waals surface area contributed by atoms with Crippen LogP contribution in [-0.2, 0) is 0 Å². The Hall–Kier alpha value is -1.95. The van der Waals surface area contributed by atoms with E-state index in [1.165, 1.54) is 0 Å². The van der Waals surface area contributed by atoms with Gasteiger partial charge in [-0.2, -0.15) is 0 Å². The Morgan fingerprint density at radius 2 is 2.06 bits per heavy atom. The summed E-state index contributed by atoms with van der Waals surface area (Å²) in [7, 11) is 0. The van der Waals surface area contributed by atoms with Crippen molar-refractivity contribution in [2.45, 2.75) is 33.1 Å². The first kappa shape index (κ1) is 14.1. The summed E-state index contributed by atoms with van der Waals surface area (Å²) in [4.78, 5) is 12.0. The van der Waals surface area contributed by atoms with Crippen molar-refractivity contribution < 1.29 is 4.79 Å². The minimum Gasteiger partial charge on any atom is -0.398 e. The van der Waals surface area contributed by atoms with E-state index in [1.807, 2.05) is 19.9 Å². The van der Waals surface area contributed by atoms with Crippen molar-refractivity contribution in [2.24, 2.45) is 0 Å². The number of aryl methyl sites for hydroxylation is 2. The van der Waals surface area contributed by atoms with Crippen LogP contribution in [0.5, 0.6) is 0 Å². The second-order valence-corrected chi connectivity index (χ2v) is 4.44. The number of nitrogen functional groups attached to an aromatic ring is 1. The average Bonchev–Trinajstić information content (AvgIpc) is 2.33. The molecule has 0 bridgehead atoms. The van der Waals surface area contributed by atoms with Crippen LogP contribution in [0.15, 0.2) is 12.1 Å². The third-order valence-corrected chi connectivity index (χ3v) is 2.89. The molecule has 0 unspecified atom stereocenters. The molecule has 0 radical (unpaired) electrons. The van der Waals surface area contributed by atoms with Crippen molar-refractivity contribution in [3.05, 3.63) is 28.8 Å². The van der Waals surface area contributed by atoms with Crippen LogP contribution in [0.2, 0.25) is 0 Å². The molecule has 0 saturated heterocycles. The third kappa shape index (κ3) is 3.81. The highest BCUT2D eigenvalue weighted by Gasteiger charge is 2.10. The van der Waals surface area contributed by atoms with Gasteiger partial charge in [0.1, 0.15) is 0 Å². The summed E-state index contributed by atoms with van der Waals surface area (Å²) < 4.78 is 0. The summed E-state index contributed by atoms with van der Waals surface area (Å²) in [5.74, 6) is 2.51. The Labute approximate surface area is 109 Å². The zero-order valence-corrected chi connectivity index (χ0v) is 11.0. The van der Waals surface area contributed by atoms with Gasteiger partial charge in [0.05, 0.1) is 0 Å². The van der Waals surface area contributed by atoms with Crippen LogP contribution < -0.4 is 11.1 Å². The van der Waals surface area contributed by atoms with Gasteiger partial charge in [-0.1, -0.05) is 6.07 Å². The number of carbonyl (C=O) groups excluding carboxylic acids is 1. The van der Waals surface area contributed by atoms with Crippen LogP contribution in [0.1, 0.15) is 40.7 Å². The lowest BCUT2D eigenvalue weighted by Crippen LogP contribution is -2.25. The maximum atomic E-state index is 12.0. The second-order valence-electron chi connectivity index (χ2n) is 4.44. The smallest absolute Gasteiger partial charge is 0.251 e. The predicted molar refractivity (Wildman–Crippen MR) is 75.3 cm³/mol. The third-order valence-electron chi connectivity index (χ3n) is 2.89. The standard InChI is InChI=1S/C15H20N2O/c1-4-5-6-7-8-17-15(18)13-10-14(16)12(3)9-11(13)2/h1,9-10H,5-8,16H2,2-3H3,(H,17,18). The molecule has 0 aliphatic carbocycles. The normalized spacial score (nSPS) is 9.83. The largest absolute Gasteiger partial charge is 0.398 e. The lowest BCUT2D eigenvalue weighted by atomic mass is 10.0. The maximum absolute atomic E-state index is 12.0. The number of benzene rings is 1. The Balaban J connectivity index is 2.57. The number of terminal acetylenes is 1. The van der Waals surface area contributed by atoms with E-state index in [2.05, 4.69) is 11.2 Å². The number of nitrogens with one attached hydrogen (secondary N) is 1. The van der Waals surface area contributed by atoms with Gasteiger partial charge in [-0.15, -0.1) is 12.3 Å².